The maximum absolute atomic E-state index is 12.7. The summed E-state index contributed by atoms with van der Waals surface area (Å²) in [5, 5.41) is 11.1. The summed E-state index contributed by atoms with van der Waals surface area (Å²) < 4.78 is 5.91. The molecule has 51 heavy (non-hydrogen) atoms. The van der Waals surface area contributed by atoms with Crippen molar-refractivity contribution < 1.29 is 24.2 Å². The Labute approximate surface area is 316 Å². The third kappa shape index (κ3) is 40.8. The van der Waals surface area contributed by atoms with Crippen molar-refractivity contribution in [1.29, 1.82) is 0 Å². The number of hydrogen-bond donors (Lipinski definition) is 2. The van der Waals surface area contributed by atoms with Gasteiger partial charge in [-0.25, -0.2) is 0 Å². The van der Waals surface area contributed by atoms with Crippen molar-refractivity contribution >= 4 is 17.8 Å². The number of carbonyl (C=O) groups excluding carboxylic acids is 2. The Balaban J connectivity index is 3.90. The quantitative estimate of drug-likeness (QED) is 0.0373. The smallest absolute Gasteiger partial charge is 0.322 e. The minimum atomic E-state index is -1.02. The second-order valence-electron chi connectivity index (χ2n) is 15.3. The van der Waals surface area contributed by atoms with Gasteiger partial charge >= 0.3 is 11.9 Å². The van der Waals surface area contributed by atoms with Gasteiger partial charge in [0.2, 0.25) is 5.91 Å². The average Bonchev–Trinajstić information content (AvgIpc) is 3.11. The molecule has 0 heterocycles. The first kappa shape index (κ1) is 49.1. The lowest BCUT2D eigenvalue weighted by atomic mass is 10.0. The first-order valence-corrected chi connectivity index (χ1v) is 22.3. The van der Waals surface area contributed by atoms with E-state index in [2.05, 4.69) is 31.3 Å². The molecule has 0 aromatic carbocycles. The van der Waals surface area contributed by atoms with Crippen LogP contribution in [0.2, 0.25) is 0 Å². The van der Waals surface area contributed by atoms with Crippen LogP contribution in [0.15, 0.2) is 12.2 Å². The minimum absolute atomic E-state index is 0.0764. The first-order chi connectivity index (χ1) is 25.0. The molecule has 1 unspecified atom stereocenters. The molecule has 2 N–H and O–H groups in total. The highest BCUT2D eigenvalue weighted by atomic mass is 16.5. The molecule has 0 aliphatic carbocycles. The standard InChI is InChI=1S/C45H85NO5/c1-3-5-7-9-11-13-14-15-16-17-18-19-20-21-22-23-24-25-26-28-30-36-40-45(50)51-42(37-33-29-27-12-10-8-6-4-2)38-34-31-32-35-39-43(47)46-41-44(48)49/h33,37,42H,3-32,34-36,38-41H2,1-2H3,(H,46,47)(H,48,49)/b37-33-. The number of nitrogens with one attached hydrogen (secondary N) is 1. The highest BCUT2D eigenvalue weighted by molar-refractivity contribution is 5.80. The first-order valence-electron chi connectivity index (χ1n) is 22.3. The predicted octanol–water partition coefficient (Wildman–Crippen LogP) is 13.7. The lowest BCUT2D eigenvalue weighted by Crippen LogP contribution is -2.28. The molecule has 1 atom stereocenters. The van der Waals surface area contributed by atoms with E-state index in [1.165, 1.54) is 167 Å². The number of allylic oxidation sites excluding steroid dienone is 1. The van der Waals surface area contributed by atoms with E-state index in [1.54, 1.807) is 0 Å². The number of esters is 1. The number of hydrogen-bond acceptors (Lipinski definition) is 4. The SMILES string of the molecule is CCCCCCCC/C=C\C(CCCCCCC(=O)NCC(=O)O)OC(=O)CCCCCCCCCCCCCCCCCCCCCCCC. The summed E-state index contributed by atoms with van der Waals surface area (Å²) in [7, 11) is 0. The Hall–Kier alpha value is -1.85. The average molecular weight is 720 g/mol. The van der Waals surface area contributed by atoms with Gasteiger partial charge in [-0.2, -0.15) is 0 Å². The van der Waals surface area contributed by atoms with Crippen LogP contribution in [0, 0.1) is 0 Å². The van der Waals surface area contributed by atoms with E-state index < -0.39 is 5.97 Å². The summed E-state index contributed by atoms with van der Waals surface area (Å²) in [6, 6.07) is 0. The van der Waals surface area contributed by atoms with Gasteiger partial charge in [0.1, 0.15) is 12.6 Å². The monoisotopic (exact) mass is 720 g/mol. The van der Waals surface area contributed by atoms with Crippen molar-refractivity contribution in [3.05, 3.63) is 12.2 Å². The zero-order chi connectivity index (χ0) is 37.3. The van der Waals surface area contributed by atoms with Gasteiger partial charge in [-0.05, 0) is 44.6 Å². The number of ether oxygens (including phenoxy) is 1. The molecule has 0 aliphatic heterocycles. The molecule has 0 saturated heterocycles. The largest absolute Gasteiger partial charge is 0.480 e. The highest BCUT2D eigenvalue weighted by Gasteiger charge is 2.12. The van der Waals surface area contributed by atoms with Crippen molar-refractivity contribution in [2.75, 3.05) is 6.54 Å². The Morgan fingerprint density at radius 3 is 1.31 bits per heavy atom. The van der Waals surface area contributed by atoms with Crippen LogP contribution in [0.5, 0.6) is 0 Å². The van der Waals surface area contributed by atoms with E-state index in [0.29, 0.717) is 12.8 Å². The number of carboxylic acids is 1. The van der Waals surface area contributed by atoms with Crippen LogP contribution >= 0.6 is 0 Å². The molecule has 0 fully saturated rings. The molecule has 0 radical (unpaired) electrons. The van der Waals surface area contributed by atoms with Crippen LogP contribution in [0.4, 0.5) is 0 Å². The maximum Gasteiger partial charge on any atom is 0.322 e. The van der Waals surface area contributed by atoms with Crippen molar-refractivity contribution in [2.24, 2.45) is 0 Å². The van der Waals surface area contributed by atoms with Crippen LogP contribution in [-0.2, 0) is 19.1 Å². The van der Waals surface area contributed by atoms with Crippen LogP contribution in [0.25, 0.3) is 0 Å². The third-order valence-electron chi connectivity index (χ3n) is 10.2. The van der Waals surface area contributed by atoms with Crippen LogP contribution in [0.1, 0.15) is 245 Å². The second-order valence-corrected chi connectivity index (χ2v) is 15.3. The Kier molecular flexibility index (Phi) is 39.4. The highest BCUT2D eigenvalue weighted by Crippen LogP contribution is 2.17. The number of carboxylic acid groups (broad SMARTS) is 1. The molecule has 0 saturated carbocycles. The topological polar surface area (TPSA) is 92.7 Å². The Morgan fingerprint density at radius 2 is 0.882 bits per heavy atom. The van der Waals surface area contributed by atoms with E-state index >= 15 is 0 Å². The molecule has 6 heteroatoms. The molecular weight excluding hydrogens is 634 g/mol. The molecule has 0 aliphatic rings. The van der Waals surface area contributed by atoms with Crippen molar-refractivity contribution in [3.63, 3.8) is 0 Å². The zero-order valence-corrected chi connectivity index (χ0v) is 34.0. The van der Waals surface area contributed by atoms with Gasteiger partial charge in [0.15, 0.2) is 0 Å². The molecule has 0 aromatic rings. The fraction of sp³-hybridized carbons (Fsp3) is 0.889. The predicted molar refractivity (Wildman–Crippen MR) is 217 cm³/mol. The fourth-order valence-electron chi connectivity index (χ4n) is 6.84. The molecule has 0 aromatic heterocycles. The van der Waals surface area contributed by atoms with Crippen molar-refractivity contribution in [2.45, 2.75) is 251 Å². The van der Waals surface area contributed by atoms with Crippen LogP contribution in [-0.4, -0.2) is 35.6 Å². The summed E-state index contributed by atoms with van der Waals surface area (Å²) in [5.41, 5.74) is 0. The molecular formula is C45H85NO5. The summed E-state index contributed by atoms with van der Waals surface area (Å²) in [4.78, 5) is 35.0. The number of amides is 1. The van der Waals surface area contributed by atoms with Gasteiger partial charge in [-0.15, -0.1) is 0 Å². The fourth-order valence-corrected chi connectivity index (χ4v) is 6.84. The summed E-state index contributed by atoms with van der Waals surface area (Å²) in [6.45, 7) is 4.21. The lowest BCUT2D eigenvalue weighted by Gasteiger charge is -2.15. The molecule has 0 rings (SSSR count). The number of rotatable bonds is 41. The Bertz CT molecular complexity index is 797. The molecule has 300 valence electrons. The van der Waals surface area contributed by atoms with Gasteiger partial charge in [-0.3, -0.25) is 14.4 Å². The molecule has 1 amide bonds. The Morgan fingerprint density at radius 1 is 0.510 bits per heavy atom. The third-order valence-corrected chi connectivity index (χ3v) is 10.2. The van der Waals surface area contributed by atoms with Gasteiger partial charge in [-0.1, -0.05) is 200 Å². The van der Waals surface area contributed by atoms with Gasteiger partial charge in [0.05, 0.1) is 0 Å². The summed E-state index contributed by atoms with van der Waals surface area (Å²) in [6.07, 6.45) is 48.0. The number of aliphatic carboxylic acids is 1. The van der Waals surface area contributed by atoms with Crippen LogP contribution < -0.4 is 5.32 Å². The van der Waals surface area contributed by atoms with Crippen molar-refractivity contribution in [1.82, 2.24) is 5.32 Å². The molecule has 0 spiro atoms. The van der Waals surface area contributed by atoms with E-state index in [9.17, 15) is 14.4 Å². The minimum Gasteiger partial charge on any atom is -0.480 e. The van der Waals surface area contributed by atoms with E-state index in [1.807, 2.05) is 0 Å². The van der Waals surface area contributed by atoms with Crippen LogP contribution in [0.3, 0.4) is 0 Å². The number of carbonyl (C=O) groups is 3. The van der Waals surface area contributed by atoms with Crippen molar-refractivity contribution in [3.8, 4) is 0 Å². The van der Waals surface area contributed by atoms with Gasteiger partial charge < -0.3 is 15.2 Å². The maximum atomic E-state index is 12.7. The number of unbranched alkanes of at least 4 members (excludes halogenated alkanes) is 30. The second kappa shape index (κ2) is 40.9. The van der Waals surface area contributed by atoms with E-state index in [4.69, 9.17) is 9.84 Å². The lowest BCUT2D eigenvalue weighted by molar-refractivity contribution is -0.147. The zero-order valence-electron chi connectivity index (χ0n) is 34.0. The normalized spacial score (nSPS) is 12.0. The summed E-state index contributed by atoms with van der Waals surface area (Å²) in [5.74, 6) is -1.31. The molecule has 0 bridgehead atoms. The van der Waals surface area contributed by atoms with E-state index in [-0.39, 0.29) is 24.5 Å². The van der Waals surface area contributed by atoms with Gasteiger partial charge in [0.25, 0.3) is 0 Å². The van der Waals surface area contributed by atoms with Gasteiger partial charge in [0, 0.05) is 12.8 Å². The molecule has 6 nitrogen and oxygen atoms in total. The van der Waals surface area contributed by atoms with E-state index in [0.717, 1.165) is 51.4 Å². The summed E-state index contributed by atoms with van der Waals surface area (Å²) >= 11 is 0.